The first-order chi connectivity index (χ1) is 14.5. The number of hydrogen-bond acceptors (Lipinski definition) is 3. The van der Waals surface area contributed by atoms with Crippen molar-refractivity contribution < 1.29 is 9.90 Å². The van der Waals surface area contributed by atoms with E-state index in [9.17, 15) is 9.90 Å². The summed E-state index contributed by atoms with van der Waals surface area (Å²) in [4.78, 5) is 14.7. The van der Waals surface area contributed by atoms with Gasteiger partial charge in [-0.05, 0) is 62.5 Å². The highest BCUT2D eigenvalue weighted by Crippen LogP contribution is 2.23. The van der Waals surface area contributed by atoms with Gasteiger partial charge in [-0.3, -0.25) is 4.79 Å². The molecule has 0 unspecified atom stereocenters. The Bertz CT molecular complexity index is 1010. The molecule has 0 radical (unpaired) electrons. The van der Waals surface area contributed by atoms with E-state index in [4.69, 9.17) is 0 Å². The van der Waals surface area contributed by atoms with Crippen molar-refractivity contribution in [3.63, 3.8) is 0 Å². The average Bonchev–Trinajstić information content (AvgIpc) is 3.08. The van der Waals surface area contributed by atoms with E-state index in [1.54, 1.807) is 6.08 Å². The summed E-state index contributed by atoms with van der Waals surface area (Å²) in [6.07, 6.45) is 7.33. The number of aliphatic hydroxyl groups is 1. The third-order valence-electron chi connectivity index (χ3n) is 5.19. The van der Waals surface area contributed by atoms with Crippen LogP contribution in [-0.4, -0.2) is 46.6 Å². The Morgan fingerprint density at radius 2 is 1.93 bits per heavy atom. The van der Waals surface area contributed by atoms with Gasteiger partial charge in [0.15, 0.2) is 5.78 Å². The van der Waals surface area contributed by atoms with Crippen molar-refractivity contribution in [2.45, 2.75) is 32.4 Å². The lowest BCUT2D eigenvalue weighted by Gasteiger charge is -2.21. The first kappa shape index (κ1) is 22.5. The van der Waals surface area contributed by atoms with Crippen molar-refractivity contribution in [3.8, 4) is 0 Å². The Labute approximate surface area is 186 Å². The predicted molar refractivity (Wildman–Crippen MR) is 128 cm³/mol. The number of fused-ring (bicyclic) bond motifs is 1. The molecule has 4 nitrogen and oxygen atoms in total. The van der Waals surface area contributed by atoms with Gasteiger partial charge in [-0.2, -0.15) is 0 Å². The van der Waals surface area contributed by atoms with Gasteiger partial charge in [0, 0.05) is 45.8 Å². The van der Waals surface area contributed by atoms with E-state index in [0.29, 0.717) is 18.7 Å². The van der Waals surface area contributed by atoms with Crippen LogP contribution >= 0.6 is 15.9 Å². The molecule has 158 valence electrons. The van der Waals surface area contributed by atoms with Gasteiger partial charge in [-0.15, -0.1) is 0 Å². The van der Waals surface area contributed by atoms with Gasteiger partial charge in [0.05, 0.1) is 6.10 Å². The lowest BCUT2D eigenvalue weighted by atomic mass is 10.1. The summed E-state index contributed by atoms with van der Waals surface area (Å²) >= 11 is 3.39. The van der Waals surface area contributed by atoms with Gasteiger partial charge >= 0.3 is 0 Å². The zero-order valence-corrected chi connectivity index (χ0v) is 19.2. The van der Waals surface area contributed by atoms with Crippen LogP contribution in [0.15, 0.2) is 65.3 Å². The molecule has 0 aliphatic heterocycles. The van der Waals surface area contributed by atoms with Gasteiger partial charge < -0.3 is 14.6 Å². The maximum atomic E-state index is 12.5. The van der Waals surface area contributed by atoms with Crippen LogP contribution in [0, 0.1) is 0 Å². The summed E-state index contributed by atoms with van der Waals surface area (Å²) in [5, 5.41) is 11.7. The largest absolute Gasteiger partial charge is 0.390 e. The van der Waals surface area contributed by atoms with E-state index in [-0.39, 0.29) is 5.78 Å². The number of nitrogens with zero attached hydrogens (tertiary/aromatic N) is 2. The molecule has 1 atom stereocenters. The zero-order chi connectivity index (χ0) is 21.5. The maximum absolute atomic E-state index is 12.5. The zero-order valence-electron chi connectivity index (χ0n) is 17.6. The fraction of sp³-hybridized carbons (Fsp3) is 0.320. The number of unbranched alkanes of at least 4 members (excludes halogenated alkanes) is 1. The molecule has 2 aromatic carbocycles. The molecule has 0 saturated heterocycles. The number of para-hydroxylation sites is 1. The highest BCUT2D eigenvalue weighted by Gasteiger charge is 2.13. The smallest absolute Gasteiger partial charge is 0.185 e. The Balaban J connectivity index is 1.76. The van der Waals surface area contributed by atoms with Crippen molar-refractivity contribution in [1.29, 1.82) is 0 Å². The molecular formula is C25H29BrN2O2. The molecule has 3 aromatic rings. The van der Waals surface area contributed by atoms with Gasteiger partial charge in [-0.25, -0.2) is 0 Å². The van der Waals surface area contributed by atoms with Gasteiger partial charge in [0.1, 0.15) is 0 Å². The molecular weight excluding hydrogens is 440 g/mol. The average molecular weight is 469 g/mol. The Morgan fingerprint density at radius 1 is 1.20 bits per heavy atom. The second kappa shape index (κ2) is 10.7. The van der Waals surface area contributed by atoms with Crippen LogP contribution in [0.5, 0.6) is 0 Å². The molecule has 0 spiro atoms. The van der Waals surface area contributed by atoms with Crippen LogP contribution in [0.4, 0.5) is 0 Å². The maximum Gasteiger partial charge on any atom is 0.185 e. The molecule has 5 heteroatoms. The molecule has 3 rings (SSSR count). The van der Waals surface area contributed by atoms with Crippen LogP contribution < -0.4 is 0 Å². The number of hydrogen-bond donors (Lipinski definition) is 1. The number of halogens is 1. The van der Waals surface area contributed by atoms with Crippen molar-refractivity contribution >= 4 is 38.7 Å². The van der Waals surface area contributed by atoms with Crippen molar-refractivity contribution in [1.82, 2.24) is 9.47 Å². The number of carbonyl (C=O) groups excluding carboxylic acids is 1. The number of allylic oxidation sites excluding steroid dienone is 1. The summed E-state index contributed by atoms with van der Waals surface area (Å²) < 4.78 is 3.03. The van der Waals surface area contributed by atoms with Crippen molar-refractivity contribution in [2.75, 3.05) is 20.1 Å². The predicted octanol–water partition coefficient (Wildman–Crippen LogP) is 5.39. The van der Waals surface area contributed by atoms with Crippen molar-refractivity contribution in [3.05, 3.63) is 76.4 Å². The molecule has 0 fully saturated rings. The fourth-order valence-electron chi connectivity index (χ4n) is 3.60. The number of likely N-dealkylation sites (N-methyl/N-ethyl adjacent to an activating group) is 1. The molecule has 1 N–H and O–H groups in total. The Hall–Kier alpha value is -2.21. The highest BCUT2D eigenvalue weighted by molar-refractivity contribution is 9.10. The Morgan fingerprint density at radius 3 is 2.67 bits per heavy atom. The van der Waals surface area contributed by atoms with Crippen LogP contribution in [0.2, 0.25) is 0 Å². The summed E-state index contributed by atoms with van der Waals surface area (Å²) in [5.41, 5.74) is 2.69. The van der Waals surface area contributed by atoms with E-state index < -0.39 is 6.10 Å². The minimum absolute atomic E-state index is 0.0306. The van der Waals surface area contributed by atoms with E-state index >= 15 is 0 Å². The molecule has 0 amide bonds. The molecule has 1 heterocycles. The standard InChI is InChI=1S/C25H29BrN2O2/c1-3-4-15-27(2)17-22(29)18-28-16-20(23-7-5-6-8-24(23)28)11-14-25(30)19-9-12-21(26)13-10-19/h5-14,16,22,29H,3-4,15,17-18H2,1-2H3/b14-11+/t22-/m1/s1. The first-order valence-electron chi connectivity index (χ1n) is 10.4. The number of carbonyl (C=O) groups is 1. The van der Waals surface area contributed by atoms with E-state index in [0.717, 1.165) is 40.3 Å². The number of aromatic nitrogens is 1. The molecule has 0 aliphatic carbocycles. The summed E-state index contributed by atoms with van der Waals surface area (Å²) in [7, 11) is 2.05. The molecule has 0 bridgehead atoms. The van der Waals surface area contributed by atoms with E-state index in [1.807, 2.05) is 48.7 Å². The fourth-order valence-corrected chi connectivity index (χ4v) is 3.86. The molecule has 30 heavy (non-hydrogen) atoms. The van der Waals surface area contributed by atoms with Gasteiger partial charge in [-0.1, -0.05) is 47.5 Å². The SMILES string of the molecule is CCCCN(C)C[C@@H](O)Cn1cc(/C=C/C(=O)c2ccc(Br)cc2)c2ccccc21. The lowest BCUT2D eigenvalue weighted by molar-refractivity contribution is 0.104. The number of aliphatic hydroxyl groups excluding tert-OH is 1. The number of ketones is 1. The molecule has 0 aliphatic rings. The van der Waals surface area contributed by atoms with Crippen LogP contribution in [-0.2, 0) is 6.54 Å². The minimum Gasteiger partial charge on any atom is -0.390 e. The number of benzene rings is 2. The lowest BCUT2D eigenvalue weighted by Crippen LogP contribution is -2.32. The Kier molecular flexibility index (Phi) is 8.02. The molecule has 0 saturated carbocycles. The normalized spacial score (nSPS) is 12.8. The highest BCUT2D eigenvalue weighted by atomic mass is 79.9. The van der Waals surface area contributed by atoms with Crippen LogP contribution in [0.3, 0.4) is 0 Å². The van der Waals surface area contributed by atoms with Gasteiger partial charge in [0.2, 0.25) is 0 Å². The third kappa shape index (κ3) is 5.91. The second-order valence-corrected chi connectivity index (χ2v) is 8.64. The quantitative estimate of drug-likeness (QED) is 0.320. The minimum atomic E-state index is -0.455. The second-order valence-electron chi connectivity index (χ2n) is 7.73. The first-order valence-corrected chi connectivity index (χ1v) is 11.2. The summed E-state index contributed by atoms with van der Waals surface area (Å²) in [6.45, 7) is 4.32. The topological polar surface area (TPSA) is 45.5 Å². The monoisotopic (exact) mass is 468 g/mol. The summed E-state index contributed by atoms with van der Waals surface area (Å²) in [6, 6.07) is 15.5. The van der Waals surface area contributed by atoms with Crippen LogP contribution in [0.25, 0.3) is 17.0 Å². The third-order valence-corrected chi connectivity index (χ3v) is 5.71. The van der Waals surface area contributed by atoms with Crippen molar-refractivity contribution in [2.24, 2.45) is 0 Å². The van der Waals surface area contributed by atoms with E-state index in [2.05, 4.69) is 51.5 Å². The van der Waals surface area contributed by atoms with Crippen LogP contribution in [0.1, 0.15) is 35.7 Å². The summed E-state index contributed by atoms with van der Waals surface area (Å²) in [5.74, 6) is -0.0306. The number of rotatable bonds is 10. The molecule has 1 aromatic heterocycles. The van der Waals surface area contributed by atoms with E-state index in [1.165, 1.54) is 0 Å². The van der Waals surface area contributed by atoms with Gasteiger partial charge in [0.25, 0.3) is 0 Å².